The molecule has 0 spiro atoms. The van der Waals surface area contributed by atoms with Crippen molar-refractivity contribution in [2.75, 3.05) is 65.4 Å². The Morgan fingerprint density at radius 2 is 0.581 bits per heavy atom. The second kappa shape index (κ2) is 28.1. The van der Waals surface area contributed by atoms with Crippen molar-refractivity contribution >= 4 is 24.9 Å². The van der Waals surface area contributed by atoms with Crippen molar-refractivity contribution in [3.05, 3.63) is 94.1 Å². The van der Waals surface area contributed by atoms with Crippen LogP contribution in [-0.2, 0) is 0 Å². The van der Waals surface area contributed by atoms with Gasteiger partial charge in [-0.05, 0) is 154 Å². The maximum absolute atomic E-state index is 10.1. The van der Waals surface area contributed by atoms with Crippen LogP contribution in [0.1, 0.15) is 110 Å². The van der Waals surface area contributed by atoms with E-state index in [0.29, 0.717) is 49.0 Å². The number of unbranched alkanes of at least 4 members (excludes halogenated alkanes) is 5. The number of aliphatic imine (C=N–C) groups is 4. The van der Waals surface area contributed by atoms with Gasteiger partial charge in [0.1, 0.15) is 45.8 Å². The van der Waals surface area contributed by atoms with Gasteiger partial charge in [0.25, 0.3) is 0 Å². The van der Waals surface area contributed by atoms with Crippen molar-refractivity contribution in [2.24, 2.45) is 20.0 Å². The Labute approximate surface area is 368 Å². The molecule has 0 fully saturated rings. The van der Waals surface area contributed by atoms with Gasteiger partial charge in [-0.2, -0.15) is 0 Å². The third kappa shape index (κ3) is 19.4. The van der Waals surface area contributed by atoms with E-state index in [9.17, 15) is 20.4 Å². The lowest BCUT2D eigenvalue weighted by molar-refractivity contribution is 0.259. The summed E-state index contributed by atoms with van der Waals surface area (Å²) in [7, 11) is 0. The summed E-state index contributed by atoms with van der Waals surface area (Å²) in [5.41, 5.74) is 5.38. The molecule has 0 aromatic carbocycles. The first-order chi connectivity index (χ1) is 30.1. The molecular formula is C48H68N10O4. The first-order valence-electron chi connectivity index (χ1n) is 22.2. The van der Waals surface area contributed by atoms with E-state index in [1.54, 1.807) is 73.4 Å². The number of aryl methyl sites for hydroxylation is 4. The second-order valence-electron chi connectivity index (χ2n) is 15.8. The minimum atomic E-state index is 0.140. The van der Waals surface area contributed by atoms with Crippen LogP contribution in [0.2, 0.25) is 0 Å². The molecular weight excluding hydrogens is 781 g/mol. The normalized spacial score (nSPS) is 12.2. The minimum absolute atomic E-state index is 0.140. The predicted octanol–water partition coefficient (Wildman–Crippen LogP) is 7.60. The Bertz CT molecular complexity index is 1770. The van der Waals surface area contributed by atoms with E-state index < -0.39 is 0 Å². The van der Waals surface area contributed by atoms with Crippen LogP contribution in [0.4, 0.5) is 0 Å². The van der Waals surface area contributed by atoms with Gasteiger partial charge in [0, 0.05) is 49.0 Å². The van der Waals surface area contributed by atoms with E-state index in [-0.39, 0.29) is 23.0 Å². The summed E-state index contributed by atoms with van der Waals surface area (Å²) in [5, 5.41) is 40.4. The van der Waals surface area contributed by atoms with Crippen LogP contribution in [0.15, 0.2) is 68.5 Å². The molecule has 0 radical (unpaired) electrons. The van der Waals surface area contributed by atoms with E-state index in [2.05, 4.69) is 49.7 Å². The topological polar surface area (TPSA) is 188 Å². The van der Waals surface area contributed by atoms with Crippen LogP contribution < -0.4 is 0 Å². The third-order valence-corrected chi connectivity index (χ3v) is 10.3. The summed E-state index contributed by atoms with van der Waals surface area (Å²) in [6.45, 7) is 16.0. The van der Waals surface area contributed by atoms with Gasteiger partial charge in [-0.1, -0.05) is 25.7 Å². The fraction of sp³-hybridized carbons (Fsp3) is 0.500. The molecule has 0 saturated carbocycles. The molecule has 0 aliphatic heterocycles. The molecule has 0 aliphatic rings. The van der Waals surface area contributed by atoms with Crippen LogP contribution in [0.5, 0.6) is 23.0 Å². The largest absolute Gasteiger partial charge is 0.506 e. The summed E-state index contributed by atoms with van der Waals surface area (Å²) in [4.78, 5) is 40.7. The van der Waals surface area contributed by atoms with Gasteiger partial charge in [0.05, 0.1) is 24.9 Å². The molecule has 334 valence electrons. The Morgan fingerprint density at radius 3 is 0.839 bits per heavy atom. The molecule has 4 N–H and O–H groups in total. The first kappa shape index (κ1) is 49.1. The molecule has 4 rings (SSSR count). The van der Waals surface area contributed by atoms with Gasteiger partial charge < -0.3 is 30.2 Å². The van der Waals surface area contributed by atoms with E-state index in [0.717, 1.165) is 101 Å². The fourth-order valence-electron chi connectivity index (χ4n) is 6.85. The number of hydrogen-bond acceptors (Lipinski definition) is 14. The van der Waals surface area contributed by atoms with Gasteiger partial charge in [-0.25, -0.2) is 19.9 Å². The molecule has 14 nitrogen and oxygen atoms in total. The highest BCUT2D eigenvalue weighted by Crippen LogP contribution is 2.16. The number of aromatic hydroxyl groups is 4. The second-order valence-corrected chi connectivity index (χ2v) is 15.8. The summed E-state index contributed by atoms with van der Waals surface area (Å²) in [5.74, 6) is 0.561. The number of rotatable bonds is 29. The van der Waals surface area contributed by atoms with Gasteiger partial charge in [-0.3, -0.25) is 20.0 Å². The van der Waals surface area contributed by atoms with Gasteiger partial charge in [-0.15, -0.1) is 0 Å². The smallest absolute Gasteiger partial charge is 0.142 e. The van der Waals surface area contributed by atoms with Crippen molar-refractivity contribution in [3.8, 4) is 23.0 Å². The Hall–Kier alpha value is -5.60. The molecule has 4 aromatic rings. The van der Waals surface area contributed by atoms with E-state index in [1.807, 2.05) is 27.7 Å². The van der Waals surface area contributed by atoms with Crippen LogP contribution in [0.25, 0.3) is 0 Å². The molecule has 0 saturated heterocycles. The van der Waals surface area contributed by atoms with E-state index in [4.69, 9.17) is 0 Å². The van der Waals surface area contributed by atoms with Crippen LogP contribution in [-0.4, -0.2) is 140 Å². The number of hydrogen-bond donors (Lipinski definition) is 4. The quantitative estimate of drug-likeness (QED) is 0.0313. The van der Waals surface area contributed by atoms with E-state index >= 15 is 0 Å². The zero-order valence-electron chi connectivity index (χ0n) is 37.3. The molecule has 62 heavy (non-hydrogen) atoms. The molecule has 0 aliphatic carbocycles. The monoisotopic (exact) mass is 849 g/mol. The van der Waals surface area contributed by atoms with Crippen LogP contribution in [0.3, 0.4) is 0 Å². The Morgan fingerprint density at radius 1 is 0.355 bits per heavy atom. The first-order valence-corrected chi connectivity index (χ1v) is 22.2. The van der Waals surface area contributed by atoms with Crippen molar-refractivity contribution < 1.29 is 20.4 Å². The molecule has 0 unspecified atom stereocenters. The number of nitrogens with zero attached hydrogens (tertiary/aromatic N) is 10. The van der Waals surface area contributed by atoms with Gasteiger partial charge in [0.15, 0.2) is 0 Å². The third-order valence-electron chi connectivity index (χ3n) is 10.3. The SMILES string of the molecule is Cc1ccc(O)c(/C=N\CCCN(CCCCCCCCN(CCC/N=C/c2nc(C)ccc2O)CCC/N=C/c2nc(C)ccc2O)CCC/N=C\c2nc(C)ccc2O)n1. The number of aromatic nitrogens is 4. The molecule has 0 atom stereocenters. The maximum Gasteiger partial charge on any atom is 0.142 e. The van der Waals surface area contributed by atoms with E-state index in [1.165, 1.54) is 25.7 Å². The zero-order valence-corrected chi connectivity index (χ0v) is 37.3. The van der Waals surface area contributed by atoms with Crippen molar-refractivity contribution in [2.45, 2.75) is 91.9 Å². The molecule has 0 bridgehead atoms. The highest BCUT2D eigenvalue weighted by Gasteiger charge is 2.08. The molecule has 14 heteroatoms. The lowest BCUT2D eigenvalue weighted by atomic mass is 10.1. The minimum Gasteiger partial charge on any atom is -0.506 e. The fourth-order valence-corrected chi connectivity index (χ4v) is 6.85. The lowest BCUT2D eigenvalue weighted by Gasteiger charge is -2.22. The molecule has 4 heterocycles. The average molecular weight is 849 g/mol. The Balaban J connectivity index is 1.19. The highest BCUT2D eigenvalue weighted by molar-refractivity contribution is 5.82. The van der Waals surface area contributed by atoms with Crippen molar-refractivity contribution in [3.63, 3.8) is 0 Å². The summed E-state index contributed by atoms with van der Waals surface area (Å²) in [6, 6.07) is 13.7. The van der Waals surface area contributed by atoms with Crippen molar-refractivity contribution in [1.82, 2.24) is 29.7 Å². The summed E-state index contributed by atoms with van der Waals surface area (Å²) in [6.07, 6.45) is 17.3. The highest BCUT2D eigenvalue weighted by atomic mass is 16.3. The average Bonchev–Trinajstić information content (AvgIpc) is 3.25. The molecule has 0 amide bonds. The zero-order chi connectivity index (χ0) is 44.4. The van der Waals surface area contributed by atoms with Gasteiger partial charge >= 0.3 is 0 Å². The molecule has 4 aromatic heterocycles. The summed E-state index contributed by atoms with van der Waals surface area (Å²) >= 11 is 0. The maximum atomic E-state index is 10.1. The van der Waals surface area contributed by atoms with Crippen LogP contribution in [0, 0.1) is 27.7 Å². The summed E-state index contributed by atoms with van der Waals surface area (Å²) < 4.78 is 0. The Kier molecular flexibility index (Phi) is 22.2. The standard InChI is InChI=1S/C48H68N10O4/c1-37-15-19-45(59)41(53-37)33-49-23-11-29-57(30-12-24-50-34-42-46(60)20-16-38(2)54-42)27-9-7-5-6-8-10-28-58(31-13-25-51-35-43-47(61)21-17-39(3)55-43)32-14-26-52-36-44-48(62)22-18-40(4)56-44/h15-22,33-36,59-62H,5-14,23-32H2,1-4H3/b49-33-,50-34-,51-35+,52-36+. The van der Waals surface area contributed by atoms with Crippen molar-refractivity contribution in [1.29, 1.82) is 0 Å². The predicted molar refractivity (Wildman–Crippen MR) is 251 cm³/mol. The number of pyridine rings is 4. The lowest BCUT2D eigenvalue weighted by Crippen LogP contribution is -2.28. The van der Waals surface area contributed by atoms with Gasteiger partial charge in [0.2, 0.25) is 0 Å². The van der Waals surface area contributed by atoms with Crippen LogP contribution >= 0.6 is 0 Å².